The molecule has 7 aromatic carbocycles. The Morgan fingerprint density at radius 1 is 0.500 bits per heavy atom. The van der Waals surface area contributed by atoms with Gasteiger partial charge in [-0.05, 0) is 68.4 Å². The topological polar surface area (TPSA) is 51.8 Å². The van der Waals surface area contributed by atoms with E-state index in [9.17, 15) is 0 Å². The monoisotopic (exact) mass is 641 g/mol. The molecule has 1 aliphatic rings. The quantitative estimate of drug-likeness (QED) is 0.192. The summed E-state index contributed by atoms with van der Waals surface area (Å²) in [6, 6.07) is 50.9. The first-order valence-corrected chi connectivity index (χ1v) is 17.1. The first-order valence-electron chi connectivity index (χ1n) is 17.1. The summed E-state index contributed by atoms with van der Waals surface area (Å²) < 4.78 is 6.33. The van der Waals surface area contributed by atoms with Crippen LogP contribution in [0.2, 0.25) is 0 Å². The molecule has 50 heavy (non-hydrogen) atoms. The van der Waals surface area contributed by atoms with E-state index in [1.165, 1.54) is 38.2 Å². The number of benzene rings is 7. The molecule has 4 nitrogen and oxygen atoms in total. The van der Waals surface area contributed by atoms with Crippen molar-refractivity contribution in [3.8, 4) is 34.2 Å². The Bertz CT molecular complexity index is 2800. The molecular weight excluding hydrogens is 611 g/mol. The summed E-state index contributed by atoms with van der Waals surface area (Å²) >= 11 is 0. The number of aromatic nitrogens is 3. The van der Waals surface area contributed by atoms with Crippen molar-refractivity contribution >= 4 is 49.6 Å². The van der Waals surface area contributed by atoms with E-state index in [0.29, 0.717) is 17.5 Å². The van der Waals surface area contributed by atoms with Gasteiger partial charge in [0, 0.05) is 33.4 Å². The first kappa shape index (κ1) is 28.6. The Labute approximate surface area is 289 Å². The number of hydrogen-bond donors (Lipinski definition) is 0. The molecule has 9 aromatic rings. The highest BCUT2D eigenvalue weighted by Gasteiger charge is 2.28. The van der Waals surface area contributed by atoms with Crippen LogP contribution in [0.15, 0.2) is 156 Å². The number of furan rings is 1. The van der Waals surface area contributed by atoms with Gasteiger partial charge in [0.2, 0.25) is 0 Å². The third kappa shape index (κ3) is 4.64. The highest BCUT2D eigenvalue weighted by molar-refractivity contribution is 6.20. The number of nitrogens with zero attached hydrogens (tertiary/aromatic N) is 3. The van der Waals surface area contributed by atoms with Crippen LogP contribution in [0.4, 0.5) is 0 Å². The molecule has 0 bridgehead atoms. The summed E-state index contributed by atoms with van der Waals surface area (Å²) in [5, 5.41) is 7.22. The fourth-order valence-electron chi connectivity index (χ4n) is 7.83. The number of allylic oxidation sites excluding steroid dienone is 1. The van der Waals surface area contributed by atoms with Crippen LogP contribution >= 0.6 is 0 Å². The van der Waals surface area contributed by atoms with E-state index in [1.54, 1.807) is 0 Å². The van der Waals surface area contributed by atoms with Crippen LogP contribution in [0.25, 0.3) is 83.7 Å². The van der Waals surface area contributed by atoms with E-state index >= 15 is 0 Å². The van der Waals surface area contributed by atoms with E-state index in [1.807, 2.05) is 24.3 Å². The van der Waals surface area contributed by atoms with Crippen LogP contribution in [-0.2, 0) is 0 Å². The lowest BCUT2D eigenvalue weighted by atomic mass is 9.74. The Hall–Kier alpha value is -6.39. The second-order valence-electron chi connectivity index (χ2n) is 13.2. The Kier molecular flexibility index (Phi) is 6.50. The van der Waals surface area contributed by atoms with Crippen molar-refractivity contribution in [2.75, 3.05) is 0 Å². The van der Waals surface area contributed by atoms with Crippen molar-refractivity contribution in [2.45, 2.75) is 18.8 Å². The predicted octanol–water partition coefficient (Wildman–Crippen LogP) is 12.0. The summed E-state index contributed by atoms with van der Waals surface area (Å²) in [5.74, 6) is 2.37. The highest BCUT2D eigenvalue weighted by Crippen LogP contribution is 2.47. The molecule has 2 atom stereocenters. The van der Waals surface area contributed by atoms with E-state index in [2.05, 4.69) is 140 Å². The van der Waals surface area contributed by atoms with Gasteiger partial charge in [-0.25, -0.2) is 15.0 Å². The molecular formula is C46H31N3O. The maximum Gasteiger partial charge on any atom is 0.164 e. The predicted molar refractivity (Wildman–Crippen MR) is 205 cm³/mol. The zero-order chi connectivity index (χ0) is 33.2. The molecule has 2 unspecified atom stereocenters. The van der Waals surface area contributed by atoms with Gasteiger partial charge in [-0.15, -0.1) is 0 Å². The Morgan fingerprint density at radius 3 is 2.04 bits per heavy atom. The molecule has 1 aliphatic carbocycles. The number of para-hydroxylation sites is 1. The van der Waals surface area contributed by atoms with Gasteiger partial charge < -0.3 is 4.42 Å². The van der Waals surface area contributed by atoms with Gasteiger partial charge in [0.15, 0.2) is 17.5 Å². The zero-order valence-corrected chi connectivity index (χ0v) is 27.4. The molecule has 4 heteroatoms. The van der Waals surface area contributed by atoms with Gasteiger partial charge in [-0.2, -0.15) is 0 Å². The summed E-state index contributed by atoms with van der Waals surface area (Å²) in [6.45, 7) is 2.36. The molecule has 0 N–H and O–H groups in total. The van der Waals surface area contributed by atoms with Gasteiger partial charge in [0.05, 0.1) is 0 Å². The van der Waals surface area contributed by atoms with Crippen molar-refractivity contribution in [1.82, 2.24) is 15.0 Å². The molecule has 0 aliphatic heterocycles. The third-order valence-corrected chi connectivity index (χ3v) is 10.3. The second-order valence-corrected chi connectivity index (χ2v) is 13.2. The van der Waals surface area contributed by atoms with Gasteiger partial charge in [-0.1, -0.05) is 140 Å². The van der Waals surface area contributed by atoms with Crippen LogP contribution in [0, 0.1) is 0 Å². The number of fused-ring (bicyclic) bond motifs is 8. The van der Waals surface area contributed by atoms with Gasteiger partial charge in [0.1, 0.15) is 11.2 Å². The van der Waals surface area contributed by atoms with Crippen molar-refractivity contribution in [1.29, 1.82) is 0 Å². The van der Waals surface area contributed by atoms with E-state index in [0.717, 1.165) is 38.6 Å². The number of rotatable bonds is 4. The molecule has 2 aromatic heterocycles. The van der Waals surface area contributed by atoms with E-state index in [4.69, 9.17) is 19.4 Å². The standard InChI is InChI=1S/C46H31N3O/c1-28-37(24-22-30-19-20-31-23-25-40-43(42(31)41(28)30)38-16-7-8-17-39(38)50-40)34-14-9-15-35(27-34)45-47-44(32-11-3-2-4-12-32)48-46(49-45)36-21-18-29-10-5-6-13-33(29)26-36/h2-28,37H,1H3. The maximum absolute atomic E-state index is 6.33. The summed E-state index contributed by atoms with van der Waals surface area (Å²) in [4.78, 5) is 15.1. The van der Waals surface area contributed by atoms with Crippen molar-refractivity contribution in [2.24, 2.45) is 0 Å². The first-order chi connectivity index (χ1) is 24.7. The fourth-order valence-corrected chi connectivity index (χ4v) is 7.83. The molecule has 0 radical (unpaired) electrons. The minimum atomic E-state index is 0.164. The molecule has 236 valence electrons. The average molecular weight is 642 g/mol. The van der Waals surface area contributed by atoms with Gasteiger partial charge in [0.25, 0.3) is 0 Å². The maximum atomic E-state index is 6.33. The molecule has 0 amide bonds. The lowest BCUT2D eigenvalue weighted by molar-refractivity contribution is 0.668. The Morgan fingerprint density at radius 2 is 1.18 bits per heavy atom. The molecule has 0 spiro atoms. The van der Waals surface area contributed by atoms with Gasteiger partial charge in [-0.3, -0.25) is 0 Å². The Balaban J connectivity index is 1.10. The van der Waals surface area contributed by atoms with Crippen LogP contribution in [0.3, 0.4) is 0 Å². The van der Waals surface area contributed by atoms with E-state index in [-0.39, 0.29) is 11.8 Å². The third-order valence-electron chi connectivity index (χ3n) is 10.3. The van der Waals surface area contributed by atoms with Crippen molar-refractivity contribution in [3.05, 3.63) is 168 Å². The lowest BCUT2D eigenvalue weighted by Crippen LogP contribution is -2.12. The largest absolute Gasteiger partial charge is 0.456 e. The van der Waals surface area contributed by atoms with Crippen LogP contribution in [0.1, 0.15) is 35.4 Å². The summed E-state index contributed by atoms with van der Waals surface area (Å²) in [7, 11) is 0. The highest BCUT2D eigenvalue weighted by atomic mass is 16.3. The minimum Gasteiger partial charge on any atom is -0.456 e. The smallest absolute Gasteiger partial charge is 0.164 e. The van der Waals surface area contributed by atoms with Crippen molar-refractivity contribution < 1.29 is 4.42 Å². The van der Waals surface area contributed by atoms with Crippen molar-refractivity contribution in [3.63, 3.8) is 0 Å². The molecule has 10 rings (SSSR count). The molecule has 2 heterocycles. The van der Waals surface area contributed by atoms with Crippen LogP contribution in [0.5, 0.6) is 0 Å². The minimum absolute atomic E-state index is 0.164. The normalized spacial score (nSPS) is 15.6. The molecule has 0 saturated carbocycles. The van der Waals surface area contributed by atoms with Gasteiger partial charge >= 0.3 is 0 Å². The summed E-state index contributed by atoms with van der Waals surface area (Å²) in [5.41, 5.74) is 8.60. The van der Waals surface area contributed by atoms with Crippen LogP contribution < -0.4 is 0 Å². The molecule has 0 saturated heterocycles. The molecule has 0 fully saturated rings. The van der Waals surface area contributed by atoms with E-state index < -0.39 is 0 Å². The lowest BCUT2D eigenvalue weighted by Gasteiger charge is -2.29. The zero-order valence-electron chi connectivity index (χ0n) is 27.4. The second kappa shape index (κ2) is 11.4. The fraction of sp³-hybridized carbons (Fsp3) is 0.0652. The number of hydrogen-bond acceptors (Lipinski definition) is 4. The van der Waals surface area contributed by atoms with Crippen LogP contribution in [-0.4, -0.2) is 15.0 Å². The SMILES string of the molecule is CC1c2c(ccc3ccc4oc5ccccc5c4c23)C=CC1c1cccc(-c2nc(-c3ccccc3)nc(-c3ccc4ccccc4c3)n2)c1. The summed E-state index contributed by atoms with van der Waals surface area (Å²) in [6.07, 6.45) is 4.65. The average Bonchev–Trinajstić information content (AvgIpc) is 3.57.